The summed E-state index contributed by atoms with van der Waals surface area (Å²) in [6, 6.07) is 2.16. The van der Waals surface area contributed by atoms with Crippen molar-refractivity contribution < 1.29 is 35.1 Å². The first-order valence-corrected chi connectivity index (χ1v) is 12.2. The number of phenolic OH excluding ortho intramolecular Hbond substituents is 1. The van der Waals surface area contributed by atoms with Gasteiger partial charge in [-0.3, -0.25) is 14.5 Å². The maximum Gasteiger partial charge on any atom is 0.249 e. The molecule has 3 aliphatic rings. The zero-order chi connectivity index (χ0) is 26.7. The molecule has 36 heavy (non-hydrogen) atoms. The topological polar surface area (TPSA) is 177 Å². The number of fused-ring (bicyclic) bond motifs is 3. The zero-order valence-corrected chi connectivity index (χ0v) is 20.9. The molecule has 4 rings (SSSR count). The van der Waals surface area contributed by atoms with E-state index in [2.05, 4.69) is 5.32 Å². The van der Waals surface area contributed by atoms with Crippen LogP contribution < -0.4 is 11.1 Å². The highest BCUT2D eigenvalue weighted by molar-refractivity contribution is 6.11. The average Bonchev–Trinajstić information content (AvgIpc) is 2.80. The summed E-state index contributed by atoms with van der Waals surface area (Å²) in [5.74, 6) is -5.77. The molecule has 1 amide bonds. The first kappa shape index (κ1) is 26.2. The Morgan fingerprint density at radius 3 is 2.47 bits per heavy atom. The predicted molar refractivity (Wildman–Crippen MR) is 132 cm³/mol. The van der Waals surface area contributed by atoms with Crippen molar-refractivity contribution in [1.29, 1.82) is 0 Å². The van der Waals surface area contributed by atoms with E-state index < -0.39 is 64.8 Å². The number of nitrogens with one attached hydrogen (secondary N) is 1. The van der Waals surface area contributed by atoms with Gasteiger partial charge in [0, 0.05) is 17.4 Å². The van der Waals surface area contributed by atoms with Crippen molar-refractivity contribution in [3.8, 4) is 5.75 Å². The Balaban J connectivity index is 2.02. The minimum Gasteiger partial charge on any atom is -0.510 e. The van der Waals surface area contributed by atoms with Crippen LogP contribution in [0.15, 0.2) is 35.1 Å². The van der Waals surface area contributed by atoms with Crippen molar-refractivity contribution in [2.75, 3.05) is 20.6 Å². The molecule has 0 saturated heterocycles. The van der Waals surface area contributed by atoms with Crippen molar-refractivity contribution in [3.05, 3.63) is 46.2 Å². The maximum absolute atomic E-state index is 14.2. The second-order valence-electron chi connectivity index (χ2n) is 10.3. The average molecular weight is 502 g/mol. The van der Waals surface area contributed by atoms with Gasteiger partial charge in [-0.1, -0.05) is 32.4 Å². The molecule has 1 aromatic carbocycles. The number of ketones is 1. The van der Waals surface area contributed by atoms with Crippen LogP contribution in [0, 0.1) is 11.8 Å². The Bertz CT molecular complexity index is 1160. The SMILES string of the molecule is CCCCN[C@@H]1C(C(N)=O)=C(O)[C@@H](N(C)C)[C@@H]2[C@@H](O)[C@H]3C(=C(O)c4c(O)cccc4[C@@H]3C)C(=O)[C@@]21O. The second-order valence-corrected chi connectivity index (χ2v) is 10.3. The van der Waals surface area contributed by atoms with Gasteiger partial charge in [0.25, 0.3) is 0 Å². The zero-order valence-electron chi connectivity index (χ0n) is 20.9. The molecule has 0 aromatic heterocycles. The molecule has 10 heteroatoms. The highest BCUT2D eigenvalue weighted by Gasteiger charge is 2.68. The van der Waals surface area contributed by atoms with Crippen molar-refractivity contribution in [3.63, 3.8) is 0 Å². The van der Waals surface area contributed by atoms with E-state index >= 15 is 0 Å². The number of hydrogen-bond acceptors (Lipinski definition) is 9. The van der Waals surface area contributed by atoms with Crippen molar-refractivity contribution in [2.24, 2.45) is 17.6 Å². The molecule has 3 aliphatic carbocycles. The van der Waals surface area contributed by atoms with E-state index in [-0.39, 0.29) is 22.5 Å². The lowest BCUT2D eigenvalue weighted by Gasteiger charge is -2.57. The van der Waals surface area contributed by atoms with E-state index in [1.54, 1.807) is 33.2 Å². The minimum atomic E-state index is -2.43. The van der Waals surface area contributed by atoms with Crippen LogP contribution in [-0.2, 0) is 9.59 Å². The lowest BCUT2D eigenvalue weighted by atomic mass is 9.53. The predicted octanol–water partition coefficient (Wildman–Crippen LogP) is 0.685. The highest BCUT2D eigenvalue weighted by Crippen LogP contribution is 2.56. The quantitative estimate of drug-likeness (QED) is 0.276. The van der Waals surface area contributed by atoms with Gasteiger partial charge >= 0.3 is 0 Å². The number of amides is 1. The lowest BCUT2D eigenvalue weighted by molar-refractivity contribution is -0.174. The van der Waals surface area contributed by atoms with Crippen LogP contribution in [0.4, 0.5) is 0 Å². The Morgan fingerprint density at radius 1 is 1.22 bits per heavy atom. The van der Waals surface area contributed by atoms with Gasteiger partial charge in [-0.15, -0.1) is 0 Å². The van der Waals surface area contributed by atoms with Crippen LogP contribution in [0.3, 0.4) is 0 Å². The summed E-state index contributed by atoms with van der Waals surface area (Å²) in [5.41, 5.74) is 3.28. The van der Waals surface area contributed by atoms with Gasteiger partial charge in [-0.25, -0.2) is 0 Å². The maximum atomic E-state index is 14.2. The normalized spacial score (nSPS) is 33.9. The highest BCUT2D eigenvalue weighted by atomic mass is 16.3. The van der Waals surface area contributed by atoms with Crippen LogP contribution in [-0.4, -0.2) is 86.6 Å². The number of benzene rings is 1. The van der Waals surface area contributed by atoms with Gasteiger partial charge in [-0.05, 0) is 44.6 Å². The number of nitrogens with zero attached hydrogens (tertiary/aromatic N) is 1. The number of aliphatic hydroxyl groups is 4. The molecule has 7 atom stereocenters. The Morgan fingerprint density at radius 2 is 1.89 bits per heavy atom. The number of phenols is 1. The van der Waals surface area contributed by atoms with Gasteiger partial charge in [0.05, 0.1) is 29.3 Å². The number of aromatic hydroxyl groups is 1. The fourth-order valence-electron chi connectivity index (χ4n) is 6.47. The fourth-order valence-corrected chi connectivity index (χ4v) is 6.47. The van der Waals surface area contributed by atoms with Gasteiger partial charge in [-0.2, -0.15) is 0 Å². The molecule has 8 N–H and O–H groups in total. The third-order valence-electron chi connectivity index (χ3n) is 8.11. The van der Waals surface area contributed by atoms with Crippen LogP contribution in [0.1, 0.15) is 43.7 Å². The Labute approximate surface area is 209 Å². The largest absolute Gasteiger partial charge is 0.510 e. The number of carbonyl (C=O) groups excluding carboxylic acids is 2. The summed E-state index contributed by atoms with van der Waals surface area (Å²) >= 11 is 0. The summed E-state index contributed by atoms with van der Waals surface area (Å²) in [7, 11) is 3.20. The first-order valence-electron chi connectivity index (χ1n) is 12.2. The van der Waals surface area contributed by atoms with Gasteiger partial charge < -0.3 is 36.6 Å². The summed E-state index contributed by atoms with van der Waals surface area (Å²) in [4.78, 5) is 28.3. The number of rotatable bonds is 6. The molecule has 1 saturated carbocycles. The number of hydrogen-bond donors (Lipinski definition) is 7. The molecule has 0 radical (unpaired) electrons. The number of Topliss-reactive ketones (excluding diaryl/α,β-unsaturated/α-hetero) is 1. The van der Waals surface area contributed by atoms with Gasteiger partial charge in [0.15, 0.2) is 11.4 Å². The Kier molecular flexibility index (Phi) is 6.67. The third-order valence-corrected chi connectivity index (χ3v) is 8.11. The van der Waals surface area contributed by atoms with Crippen molar-refractivity contribution in [2.45, 2.75) is 56.4 Å². The standard InChI is InChI=1S/C26H35N3O7/c1-5-6-10-28-23-17(25(27)35)22(33)19(29(3)4)18-21(32)14-11(2)12-8-7-9-13(30)15(12)20(31)16(14)24(34)26(18,23)36/h7-9,11,14,18-19,21,23,28,30-33,36H,5-6,10H2,1-4H3,(H2,27,35)/t11-,14+,18+,19-,21-,23+,26+/m0/s1. The number of aliphatic hydroxyl groups excluding tert-OH is 3. The molecule has 196 valence electrons. The van der Waals surface area contributed by atoms with Crippen molar-refractivity contribution >= 4 is 17.4 Å². The van der Waals surface area contributed by atoms with Crippen LogP contribution in [0.25, 0.3) is 5.76 Å². The number of likely N-dealkylation sites (N-methyl/N-ethyl adjacent to an activating group) is 1. The molecule has 10 nitrogen and oxygen atoms in total. The van der Waals surface area contributed by atoms with E-state index in [1.807, 2.05) is 6.92 Å². The summed E-state index contributed by atoms with van der Waals surface area (Å²) in [5, 5.41) is 60.0. The van der Waals surface area contributed by atoms with E-state index in [0.29, 0.717) is 18.5 Å². The smallest absolute Gasteiger partial charge is 0.249 e. The second kappa shape index (κ2) is 9.19. The third kappa shape index (κ3) is 3.47. The van der Waals surface area contributed by atoms with Crippen LogP contribution in [0.2, 0.25) is 0 Å². The number of unbranched alkanes of at least 4 members (excludes halogenated alkanes) is 1. The van der Waals surface area contributed by atoms with Gasteiger partial charge in [0.2, 0.25) is 5.91 Å². The molecule has 0 aliphatic heterocycles. The van der Waals surface area contributed by atoms with Crippen LogP contribution >= 0.6 is 0 Å². The lowest BCUT2D eigenvalue weighted by Crippen LogP contribution is -2.75. The van der Waals surface area contributed by atoms with Crippen molar-refractivity contribution in [1.82, 2.24) is 10.2 Å². The van der Waals surface area contributed by atoms with E-state index in [4.69, 9.17) is 5.73 Å². The Hall–Kier alpha value is -2.92. The number of primary amides is 1. The monoisotopic (exact) mass is 501 g/mol. The minimum absolute atomic E-state index is 0.0721. The molecular formula is C26H35N3O7. The van der Waals surface area contributed by atoms with E-state index in [1.165, 1.54) is 11.0 Å². The number of carbonyl (C=O) groups is 2. The molecular weight excluding hydrogens is 466 g/mol. The van der Waals surface area contributed by atoms with E-state index in [0.717, 1.165) is 6.42 Å². The fraction of sp³-hybridized carbons (Fsp3) is 0.538. The van der Waals surface area contributed by atoms with Crippen LogP contribution in [0.5, 0.6) is 5.75 Å². The molecule has 1 fully saturated rings. The summed E-state index contributed by atoms with van der Waals surface area (Å²) in [6.45, 7) is 4.01. The van der Waals surface area contributed by atoms with Gasteiger partial charge in [0.1, 0.15) is 17.3 Å². The number of nitrogens with two attached hydrogens (primary N) is 1. The molecule has 1 aromatic rings. The summed E-state index contributed by atoms with van der Waals surface area (Å²) in [6.07, 6.45) is 0.0174. The molecule has 0 heterocycles. The molecule has 0 bridgehead atoms. The molecule has 0 spiro atoms. The summed E-state index contributed by atoms with van der Waals surface area (Å²) < 4.78 is 0. The van der Waals surface area contributed by atoms with E-state index in [9.17, 15) is 35.1 Å². The molecule has 0 unspecified atom stereocenters. The first-order chi connectivity index (χ1) is 16.9.